The molecule has 2 N–H and O–H groups in total. The Balaban J connectivity index is 1.60. The molecule has 1 heterocycles. The molecule has 202 valence electrons. The van der Waals surface area contributed by atoms with Crippen molar-refractivity contribution in [2.45, 2.75) is 89.5 Å². The molecule has 1 saturated carbocycles. The van der Waals surface area contributed by atoms with Crippen molar-refractivity contribution in [3.05, 3.63) is 60.1 Å². The first-order valence-electron chi connectivity index (χ1n) is 13.7. The molecule has 0 bridgehead atoms. The van der Waals surface area contributed by atoms with Crippen LogP contribution in [0, 0.1) is 11.8 Å². The number of benzene rings is 1. The van der Waals surface area contributed by atoms with E-state index in [4.69, 9.17) is 4.42 Å². The lowest BCUT2D eigenvalue weighted by Gasteiger charge is -2.25. The summed E-state index contributed by atoms with van der Waals surface area (Å²) in [6.07, 6.45) is 10.1. The molecular weight excluding hydrogens is 484 g/mol. The van der Waals surface area contributed by atoms with Crippen LogP contribution in [0.25, 0.3) is 0 Å². The van der Waals surface area contributed by atoms with Crippen molar-refractivity contribution >= 4 is 29.4 Å². The van der Waals surface area contributed by atoms with Gasteiger partial charge in [-0.1, -0.05) is 76.3 Å². The molecule has 1 fully saturated rings. The Morgan fingerprint density at radius 1 is 0.973 bits per heavy atom. The maximum absolute atomic E-state index is 13.4. The topological polar surface area (TPSA) is 88.4 Å². The number of Topliss-reactive ketones (excluding diaryl/α,β-unsaturated/α-hetero) is 1. The number of carbonyl (C=O) groups excluding carboxylic acids is 3. The summed E-state index contributed by atoms with van der Waals surface area (Å²) in [5, 5.41) is 5.96. The van der Waals surface area contributed by atoms with Crippen LogP contribution in [-0.2, 0) is 26.6 Å². The van der Waals surface area contributed by atoms with E-state index < -0.39 is 12.1 Å². The van der Waals surface area contributed by atoms with Gasteiger partial charge >= 0.3 is 0 Å². The van der Waals surface area contributed by atoms with Crippen molar-refractivity contribution < 1.29 is 18.8 Å². The highest BCUT2D eigenvalue weighted by Crippen LogP contribution is 2.27. The quantitative estimate of drug-likeness (QED) is 0.311. The molecule has 0 radical (unpaired) electrons. The van der Waals surface area contributed by atoms with Gasteiger partial charge in [-0.2, -0.15) is 0 Å². The van der Waals surface area contributed by atoms with Crippen molar-refractivity contribution in [1.82, 2.24) is 10.6 Å². The van der Waals surface area contributed by atoms with Crippen molar-refractivity contribution in [3.8, 4) is 0 Å². The van der Waals surface area contributed by atoms with Gasteiger partial charge in [0.2, 0.25) is 11.8 Å². The zero-order valence-corrected chi connectivity index (χ0v) is 23.1. The molecule has 0 saturated heterocycles. The minimum absolute atomic E-state index is 0.0410. The SMILES string of the molecule is CC(C)CC(NC(=O)CCC1CCCCC1)C(=O)NC(Cc1ccccc1)C(=O)CSCc1ccco1. The number of hydrogen-bond acceptors (Lipinski definition) is 5. The second-order valence-corrected chi connectivity index (χ2v) is 11.6. The fourth-order valence-corrected chi connectivity index (χ4v) is 5.77. The monoisotopic (exact) mass is 526 g/mol. The lowest BCUT2D eigenvalue weighted by Crippen LogP contribution is -2.53. The number of rotatable bonds is 15. The standard InChI is InChI=1S/C30H42N2O4S/c1-22(2)18-27(31-29(34)16-15-23-10-5-3-6-11-23)30(35)32-26(19-24-12-7-4-8-13-24)28(33)21-37-20-25-14-9-17-36-25/h4,7-9,12-14,17,22-23,26-27H,3,5-6,10-11,15-16,18-21H2,1-2H3,(H,31,34)(H,32,35). The lowest BCUT2D eigenvalue weighted by molar-refractivity contribution is -0.131. The van der Waals surface area contributed by atoms with Gasteiger partial charge in [-0.05, 0) is 48.8 Å². The van der Waals surface area contributed by atoms with E-state index in [1.54, 1.807) is 6.26 Å². The minimum Gasteiger partial charge on any atom is -0.468 e. The van der Waals surface area contributed by atoms with Gasteiger partial charge in [0.1, 0.15) is 11.8 Å². The Kier molecular flexibility index (Phi) is 12.3. The van der Waals surface area contributed by atoms with Gasteiger partial charge in [-0.25, -0.2) is 0 Å². The first-order valence-corrected chi connectivity index (χ1v) is 14.8. The third kappa shape index (κ3) is 10.8. The number of furan rings is 1. The molecule has 2 atom stereocenters. The number of ketones is 1. The Bertz CT molecular complexity index is 955. The summed E-state index contributed by atoms with van der Waals surface area (Å²) in [5.74, 6) is 2.11. The number of thioether (sulfide) groups is 1. The fourth-order valence-electron chi connectivity index (χ4n) is 4.90. The third-order valence-corrected chi connectivity index (χ3v) is 7.90. The summed E-state index contributed by atoms with van der Waals surface area (Å²) < 4.78 is 5.36. The van der Waals surface area contributed by atoms with Crippen molar-refractivity contribution in [3.63, 3.8) is 0 Å². The zero-order chi connectivity index (χ0) is 26.5. The van der Waals surface area contributed by atoms with Gasteiger partial charge in [0.15, 0.2) is 5.78 Å². The van der Waals surface area contributed by atoms with Crippen molar-refractivity contribution in [1.29, 1.82) is 0 Å². The highest BCUT2D eigenvalue weighted by atomic mass is 32.2. The maximum Gasteiger partial charge on any atom is 0.243 e. The van der Waals surface area contributed by atoms with E-state index in [9.17, 15) is 14.4 Å². The van der Waals surface area contributed by atoms with Gasteiger partial charge in [-0.3, -0.25) is 14.4 Å². The van der Waals surface area contributed by atoms with Gasteiger partial charge in [-0.15, -0.1) is 11.8 Å². The molecule has 3 rings (SSSR count). The molecule has 0 spiro atoms. The predicted octanol–water partition coefficient (Wildman–Crippen LogP) is 5.70. The number of hydrogen-bond donors (Lipinski definition) is 2. The molecule has 0 aliphatic heterocycles. The van der Waals surface area contributed by atoms with E-state index in [0.29, 0.717) is 30.9 Å². The molecule has 1 aromatic carbocycles. The van der Waals surface area contributed by atoms with Crippen LogP contribution in [0.2, 0.25) is 0 Å². The highest BCUT2D eigenvalue weighted by Gasteiger charge is 2.28. The van der Waals surface area contributed by atoms with Gasteiger partial charge < -0.3 is 15.1 Å². The number of nitrogens with one attached hydrogen (secondary N) is 2. The van der Waals surface area contributed by atoms with Gasteiger partial charge in [0.25, 0.3) is 0 Å². The van der Waals surface area contributed by atoms with Crippen molar-refractivity contribution in [2.24, 2.45) is 11.8 Å². The van der Waals surface area contributed by atoms with Gasteiger partial charge in [0, 0.05) is 6.42 Å². The molecule has 6 nitrogen and oxygen atoms in total. The van der Waals surface area contributed by atoms with E-state index in [1.165, 1.54) is 43.9 Å². The Hall–Kier alpha value is -2.54. The number of amides is 2. The molecule has 37 heavy (non-hydrogen) atoms. The summed E-state index contributed by atoms with van der Waals surface area (Å²) in [7, 11) is 0. The summed E-state index contributed by atoms with van der Waals surface area (Å²) in [4.78, 5) is 39.4. The normalized spacial score (nSPS) is 15.8. The Morgan fingerprint density at radius 2 is 1.73 bits per heavy atom. The lowest BCUT2D eigenvalue weighted by atomic mass is 9.86. The first-order chi connectivity index (χ1) is 17.9. The number of carbonyl (C=O) groups is 3. The third-order valence-electron chi connectivity index (χ3n) is 6.92. The molecule has 1 aromatic heterocycles. The van der Waals surface area contributed by atoms with E-state index in [1.807, 2.05) is 56.3 Å². The van der Waals surface area contributed by atoms with E-state index in [-0.39, 0.29) is 29.3 Å². The summed E-state index contributed by atoms with van der Waals surface area (Å²) in [5.41, 5.74) is 0.981. The zero-order valence-electron chi connectivity index (χ0n) is 22.2. The molecule has 7 heteroatoms. The second kappa shape index (κ2) is 15.7. The highest BCUT2D eigenvalue weighted by molar-refractivity contribution is 7.99. The first kappa shape index (κ1) is 29.0. The van der Waals surface area contributed by atoms with Crippen LogP contribution in [0.5, 0.6) is 0 Å². The van der Waals surface area contributed by atoms with Crippen LogP contribution >= 0.6 is 11.8 Å². The van der Waals surface area contributed by atoms with Gasteiger partial charge in [0.05, 0.1) is 23.8 Å². The van der Waals surface area contributed by atoms with E-state index in [2.05, 4.69) is 10.6 Å². The van der Waals surface area contributed by atoms with Crippen LogP contribution in [0.4, 0.5) is 0 Å². The predicted molar refractivity (Wildman–Crippen MR) is 149 cm³/mol. The Labute approximate surface area is 225 Å². The minimum atomic E-state index is -0.659. The van der Waals surface area contributed by atoms with E-state index >= 15 is 0 Å². The summed E-state index contributed by atoms with van der Waals surface area (Å²) in [6, 6.07) is 12.1. The van der Waals surface area contributed by atoms with E-state index in [0.717, 1.165) is 17.7 Å². The molecule has 2 unspecified atom stereocenters. The average Bonchev–Trinajstić information content (AvgIpc) is 3.41. The molecule has 2 amide bonds. The molecule has 1 aliphatic carbocycles. The Morgan fingerprint density at radius 3 is 2.41 bits per heavy atom. The molecule has 1 aliphatic rings. The average molecular weight is 527 g/mol. The fraction of sp³-hybridized carbons (Fsp3) is 0.567. The summed E-state index contributed by atoms with van der Waals surface area (Å²) >= 11 is 1.47. The van der Waals surface area contributed by atoms with Crippen LogP contribution in [0.15, 0.2) is 53.1 Å². The van der Waals surface area contributed by atoms with Crippen LogP contribution in [0.1, 0.15) is 76.5 Å². The van der Waals surface area contributed by atoms with Crippen LogP contribution in [0.3, 0.4) is 0 Å². The largest absolute Gasteiger partial charge is 0.468 e. The van der Waals surface area contributed by atoms with Crippen LogP contribution < -0.4 is 10.6 Å². The smallest absolute Gasteiger partial charge is 0.243 e. The molecule has 2 aromatic rings. The summed E-state index contributed by atoms with van der Waals surface area (Å²) in [6.45, 7) is 4.07. The second-order valence-electron chi connectivity index (χ2n) is 10.6. The van der Waals surface area contributed by atoms with Crippen LogP contribution in [-0.4, -0.2) is 35.4 Å². The maximum atomic E-state index is 13.4. The molecular formula is C30H42N2O4S. The van der Waals surface area contributed by atoms with Crippen molar-refractivity contribution in [2.75, 3.05) is 5.75 Å².